The Morgan fingerprint density at radius 3 is 2.68 bits per heavy atom. The molecule has 0 spiro atoms. The maximum absolute atomic E-state index is 11.3. The Morgan fingerprint density at radius 2 is 1.87 bits per heavy atom. The summed E-state index contributed by atoms with van der Waals surface area (Å²) in [6, 6.07) is 24.3. The van der Waals surface area contributed by atoms with Gasteiger partial charge in [0.25, 0.3) is 0 Å². The number of aromatic amines is 2. The summed E-state index contributed by atoms with van der Waals surface area (Å²) in [6.45, 7) is 2.27. The fraction of sp³-hybridized carbons (Fsp3) is 0.300. The van der Waals surface area contributed by atoms with Crippen molar-refractivity contribution in [2.45, 2.75) is 57.0 Å². The molecule has 194 valence electrons. The minimum absolute atomic E-state index is 0.142. The SMILES string of the molecule is C[C@@H](NC1CCCC(c2ccc(-c3noc(Cc4[nH]c(=O)[nH]c4O)n3)cc2)C1)c1cccc2ccccc12. The molecule has 0 bridgehead atoms. The summed E-state index contributed by atoms with van der Waals surface area (Å²) in [5.74, 6) is 1.09. The third-order valence-corrected chi connectivity index (χ3v) is 7.67. The average molecular weight is 510 g/mol. The maximum Gasteiger partial charge on any atom is 0.325 e. The molecule has 5 aromatic rings. The van der Waals surface area contributed by atoms with Gasteiger partial charge in [-0.1, -0.05) is 78.3 Å². The van der Waals surface area contributed by atoms with Crippen molar-refractivity contribution in [3.8, 4) is 17.3 Å². The lowest BCUT2D eigenvalue weighted by atomic mass is 9.80. The molecular formula is C30H31N5O3. The van der Waals surface area contributed by atoms with Gasteiger partial charge in [0.1, 0.15) is 0 Å². The highest BCUT2D eigenvalue weighted by atomic mass is 16.5. The fourth-order valence-corrected chi connectivity index (χ4v) is 5.75. The van der Waals surface area contributed by atoms with Crippen LogP contribution in [0.15, 0.2) is 76.0 Å². The van der Waals surface area contributed by atoms with Crippen molar-refractivity contribution in [1.29, 1.82) is 0 Å². The molecule has 8 nitrogen and oxygen atoms in total. The molecule has 2 heterocycles. The average Bonchev–Trinajstić information content (AvgIpc) is 3.54. The number of hydrogen-bond acceptors (Lipinski definition) is 6. The zero-order chi connectivity index (χ0) is 26.1. The molecule has 3 aromatic carbocycles. The van der Waals surface area contributed by atoms with Crippen LogP contribution in [0.1, 0.15) is 67.3 Å². The van der Waals surface area contributed by atoms with E-state index in [4.69, 9.17) is 4.52 Å². The maximum atomic E-state index is 11.3. The molecule has 1 aliphatic carbocycles. The Labute approximate surface area is 220 Å². The van der Waals surface area contributed by atoms with Crippen LogP contribution in [0.25, 0.3) is 22.2 Å². The number of fused-ring (bicyclic) bond motifs is 1. The number of hydrogen-bond donors (Lipinski definition) is 4. The standard InChI is InChI=1S/C30H31N5O3/c1-18(24-11-5-7-20-6-2-3-10-25(20)24)31-23-9-4-8-22(16-23)19-12-14-21(15-13-19)28-33-27(38-35-28)17-26-29(36)34-30(37)32-26/h2-3,5-7,10-15,18,22-23,31,36H,4,8-9,16-17H2,1H3,(H2,32,34,37)/t18-,22?,23?/m1/s1. The molecule has 6 rings (SSSR count). The summed E-state index contributed by atoms with van der Waals surface area (Å²) < 4.78 is 5.33. The van der Waals surface area contributed by atoms with Crippen molar-refractivity contribution in [2.24, 2.45) is 0 Å². The molecule has 2 aromatic heterocycles. The van der Waals surface area contributed by atoms with Gasteiger partial charge in [-0.3, -0.25) is 4.98 Å². The van der Waals surface area contributed by atoms with Crippen LogP contribution in [0.3, 0.4) is 0 Å². The van der Waals surface area contributed by atoms with Crippen LogP contribution in [0, 0.1) is 0 Å². The van der Waals surface area contributed by atoms with Crippen molar-refractivity contribution in [3.63, 3.8) is 0 Å². The molecule has 0 amide bonds. The van der Waals surface area contributed by atoms with E-state index in [-0.39, 0.29) is 18.3 Å². The number of imidazole rings is 1. The summed E-state index contributed by atoms with van der Waals surface area (Å²) >= 11 is 0. The highest BCUT2D eigenvalue weighted by Crippen LogP contribution is 2.35. The predicted molar refractivity (Wildman–Crippen MR) is 146 cm³/mol. The number of nitrogens with zero attached hydrogens (tertiary/aromatic N) is 2. The monoisotopic (exact) mass is 509 g/mol. The van der Waals surface area contributed by atoms with E-state index in [1.807, 2.05) is 12.1 Å². The predicted octanol–water partition coefficient (Wildman–Crippen LogP) is 5.58. The fourth-order valence-electron chi connectivity index (χ4n) is 5.75. The first-order valence-corrected chi connectivity index (χ1v) is 13.2. The molecule has 1 aliphatic rings. The summed E-state index contributed by atoms with van der Waals surface area (Å²) in [5.41, 5.74) is 3.39. The van der Waals surface area contributed by atoms with Crippen molar-refractivity contribution in [1.82, 2.24) is 25.4 Å². The first-order chi connectivity index (χ1) is 18.5. The van der Waals surface area contributed by atoms with E-state index in [9.17, 15) is 9.90 Å². The van der Waals surface area contributed by atoms with Crippen LogP contribution >= 0.6 is 0 Å². The Balaban J connectivity index is 1.11. The number of H-pyrrole nitrogens is 2. The Kier molecular flexibility index (Phi) is 6.55. The molecule has 4 N–H and O–H groups in total. The van der Waals surface area contributed by atoms with Crippen molar-refractivity contribution in [3.05, 3.63) is 99.9 Å². The Hall–Kier alpha value is -4.17. The van der Waals surface area contributed by atoms with Crippen LogP contribution in [0.5, 0.6) is 5.88 Å². The number of rotatable bonds is 7. The lowest BCUT2D eigenvalue weighted by Crippen LogP contribution is -2.35. The number of aromatic hydroxyl groups is 1. The second-order valence-corrected chi connectivity index (χ2v) is 10.2. The number of aromatic nitrogens is 4. The highest BCUT2D eigenvalue weighted by Gasteiger charge is 2.25. The third kappa shape index (κ3) is 4.99. The topological polar surface area (TPSA) is 120 Å². The van der Waals surface area contributed by atoms with Gasteiger partial charge in [0, 0.05) is 17.6 Å². The van der Waals surface area contributed by atoms with E-state index in [1.165, 1.54) is 41.2 Å². The molecule has 3 atom stereocenters. The van der Waals surface area contributed by atoms with Crippen LogP contribution in [0.4, 0.5) is 0 Å². The zero-order valence-corrected chi connectivity index (χ0v) is 21.3. The van der Waals surface area contributed by atoms with E-state index in [2.05, 4.69) is 86.9 Å². The van der Waals surface area contributed by atoms with Gasteiger partial charge in [0.2, 0.25) is 17.6 Å². The molecular weight excluding hydrogens is 478 g/mol. The number of benzene rings is 3. The Morgan fingerprint density at radius 1 is 1.05 bits per heavy atom. The number of nitrogens with one attached hydrogen (secondary N) is 3. The van der Waals surface area contributed by atoms with E-state index >= 15 is 0 Å². The largest absolute Gasteiger partial charge is 0.493 e. The third-order valence-electron chi connectivity index (χ3n) is 7.67. The van der Waals surface area contributed by atoms with Crippen molar-refractivity contribution < 1.29 is 9.63 Å². The summed E-state index contributed by atoms with van der Waals surface area (Å²) in [5, 5.41) is 20.4. The molecule has 38 heavy (non-hydrogen) atoms. The molecule has 0 saturated heterocycles. The van der Waals surface area contributed by atoms with Gasteiger partial charge in [0.15, 0.2) is 0 Å². The first kappa shape index (κ1) is 24.2. The van der Waals surface area contributed by atoms with Gasteiger partial charge in [-0.25, -0.2) is 4.79 Å². The minimum atomic E-state index is -0.476. The second-order valence-electron chi connectivity index (χ2n) is 10.2. The van der Waals surface area contributed by atoms with Gasteiger partial charge in [0.05, 0.1) is 12.1 Å². The van der Waals surface area contributed by atoms with Crippen LogP contribution < -0.4 is 11.0 Å². The molecule has 0 radical (unpaired) electrons. The van der Waals surface area contributed by atoms with Gasteiger partial charge >= 0.3 is 5.69 Å². The van der Waals surface area contributed by atoms with Gasteiger partial charge < -0.3 is 19.9 Å². The van der Waals surface area contributed by atoms with Crippen molar-refractivity contribution >= 4 is 10.8 Å². The van der Waals surface area contributed by atoms with E-state index in [1.54, 1.807) is 0 Å². The summed E-state index contributed by atoms with van der Waals surface area (Å²) in [6.07, 6.45) is 4.83. The van der Waals surface area contributed by atoms with E-state index in [0.29, 0.717) is 29.4 Å². The molecule has 0 aliphatic heterocycles. The van der Waals surface area contributed by atoms with Crippen LogP contribution in [-0.4, -0.2) is 31.3 Å². The molecule has 1 fully saturated rings. The minimum Gasteiger partial charge on any atom is -0.493 e. The van der Waals surface area contributed by atoms with Gasteiger partial charge in [-0.15, -0.1) is 0 Å². The highest BCUT2D eigenvalue weighted by molar-refractivity contribution is 5.86. The molecule has 8 heteroatoms. The van der Waals surface area contributed by atoms with E-state index < -0.39 is 5.69 Å². The lowest BCUT2D eigenvalue weighted by Gasteiger charge is -2.32. The van der Waals surface area contributed by atoms with Crippen LogP contribution in [0.2, 0.25) is 0 Å². The normalized spacial score (nSPS) is 18.6. The molecule has 2 unspecified atom stereocenters. The smallest absolute Gasteiger partial charge is 0.325 e. The zero-order valence-electron chi connectivity index (χ0n) is 21.3. The summed E-state index contributed by atoms with van der Waals surface area (Å²) in [7, 11) is 0. The quantitative estimate of drug-likeness (QED) is 0.227. The van der Waals surface area contributed by atoms with Gasteiger partial charge in [-0.05, 0) is 54.0 Å². The van der Waals surface area contributed by atoms with E-state index in [0.717, 1.165) is 12.0 Å². The first-order valence-electron chi connectivity index (χ1n) is 13.2. The second kappa shape index (κ2) is 10.3. The van der Waals surface area contributed by atoms with Crippen molar-refractivity contribution in [2.75, 3.05) is 0 Å². The Bertz CT molecular complexity index is 1600. The van der Waals surface area contributed by atoms with Gasteiger partial charge in [-0.2, -0.15) is 4.98 Å². The summed E-state index contributed by atoms with van der Waals surface area (Å²) in [4.78, 5) is 20.6. The molecule has 1 saturated carbocycles. The lowest BCUT2D eigenvalue weighted by molar-refractivity contribution is 0.319. The van der Waals surface area contributed by atoms with Crippen LogP contribution in [-0.2, 0) is 6.42 Å².